The van der Waals surface area contributed by atoms with Gasteiger partial charge < -0.3 is 37.7 Å². The molecule has 0 N–H and O–H groups in total. The van der Waals surface area contributed by atoms with Gasteiger partial charge in [0.15, 0.2) is 11.5 Å². The Morgan fingerprint density at radius 3 is 1.95 bits per heavy atom. The van der Waals surface area contributed by atoms with Crippen molar-refractivity contribution >= 4 is 50.5 Å². The van der Waals surface area contributed by atoms with Crippen molar-refractivity contribution in [1.29, 1.82) is 0 Å². The van der Waals surface area contributed by atoms with Gasteiger partial charge in [0.05, 0.1) is 46.7 Å². The lowest BCUT2D eigenvalue weighted by Crippen LogP contribution is -2.29. The number of rotatable bonds is 22. The third-order valence-electron chi connectivity index (χ3n) is 10.0. The molecule has 1 heterocycles. The second-order valence-corrected chi connectivity index (χ2v) is 14.1. The van der Waals surface area contributed by atoms with Gasteiger partial charge in [-0.05, 0) is 102 Å². The summed E-state index contributed by atoms with van der Waals surface area (Å²) in [6.07, 6.45) is 8.09. The van der Waals surface area contributed by atoms with Gasteiger partial charge in [0.25, 0.3) is 0 Å². The molecule has 59 heavy (non-hydrogen) atoms. The fourth-order valence-corrected chi connectivity index (χ4v) is 7.08. The number of methoxy groups -OCH3 is 3. The van der Waals surface area contributed by atoms with E-state index in [0.29, 0.717) is 65.9 Å². The lowest BCUT2D eigenvalue weighted by atomic mass is 9.97. The lowest BCUT2D eigenvalue weighted by Gasteiger charge is -2.22. The van der Waals surface area contributed by atoms with Gasteiger partial charge in [-0.2, -0.15) is 0 Å². The van der Waals surface area contributed by atoms with Crippen molar-refractivity contribution < 1.29 is 42.4 Å². The zero-order valence-corrected chi connectivity index (χ0v) is 33.9. The summed E-state index contributed by atoms with van der Waals surface area (Å²) in [4.78, 5) is 40.0. The van der Waals surface area contributed by atoms with E-state index in [9.17, 15) is 14.4 Å². The molecule has 0 radical (unpaired) electrons. The Balaban J connectivity index is 0.969. The molecular formula is C48H51NO10. The highest BCUT2D eigenvalue weighted by Crippen LogP contribution is 2.38. The zero-order valence-electron chi connectivity index (χ0n) is 33.9. The Kier molecular flexibility index (Phi) is 15.4. The number of hydrogen-bond acceptors (Lipinski definition) is 11. The van der Waals surface area contributed by atoms with Crippen molar-refractivity contribution in [2.75, 3.05) is 60.8 Å². The summed E-state index contributed by atoms with van der Waals surface area (Å²) in [5, 5.41) is 4.60. The van der Waals surface area contributed by atoms with Crippen LogP contribution in [0.15, 0.2) is 112 Å². The molecule has 0 aliphatic heterocycles. The fraction of sp³-hybridized carbons (Fsp3) is 0.312. The molecule has 11 nitrogen and oxygen atoms in total. The van der Waals surface area contributed by atoms with E-state index in [1.165, 1.54) is 19.3 Å². The number of unbranched alkanes of at least 4 members (excludes halogenated alkanes) is 3. The van der Waals surface area contributed by atoms with E-state index in [1.54, 1.807) is 44.6 Å². The molecular weight excluding hydrogens is 751 g/mol. The average Bonchev–Trinajstić information content (AvgIpc) is 3.26. The molecule has 0 saturated carbocycles. The van der Waals surface area contributed by atoms with Crippen LogP contribution < -0.4 is 24.6 Å². The molecule has 6 aromatic rings. The minimum absolute atomic E-state index is 0.297. The number of ether oxygens (including phenoxy) is 6. The van der Waals surface area contributed by atoms with Crippen LogP contribution in [0.1, 0.15) is 54.4 Å². The van der Waals surface area contributed by atoms with Gasteiger partial charge in [-0.3, -0.25) is 0 Å². The third-order valence-corrected chi connectivity index (χ3v) is 10.0. The number of fused-ring (bicyclic) bond motifs is 3. The van der Waals surface area contributed by atoms with Crippen molar-refractivity contribution in [3.63, 3.8) is 0 Å². The average molecular weight is 802 g/mol. The fourth-order valence-electron chi connectivity index (χ4n) is 7.08. The first-order valence-corrected chi connectivity index (χ1v) is 20.0. The molecule has 0 aliphatic carbocycles. The molecule has 6 rings (SSSR count). The van der Waals surface area contributed by atoms with E-state index >= 15 is 0 Å². The first-order valence-electron chi connectivity index (χ1n) is 20.0. The van der Waals surface area contributed by atoms with Crippen LogP contribution in [0.2, 0.25) is 0 Å². The van der Waals surface area contributed by atoms with Crippen molar-refractivity contribution in [3.8, 4) is 23.0 Å². The van der Waals surface area contributed by atoms with Crippen LogP contribution in [-0.4, -0.2) is 77.6 Å². The smallest absolute Gasteiger partial charge is 0.339 e. The van der Waals surface area contributed by atoms with E-state index in [-0.39, 0.29) is 5.97 Å². The van der Waals surface area contributed by atoms with E-state index in [2.05, 4.69) is 11.0 Å². The predicted octanol–water partition coefficient (Wildman–Crippen LogP) is 9.26. The van der Waals surface area contributed by atoms with Gasteiger partial charge in [-0.15, -0.1) is 0 Å². The Bertz CT molecular complexity index is 2360. The van der Waals surface area contributed by atoms with Crippen LogP contribution in [0.3, 0.4) is 0 Å². The summed E-state index contributed by atoms with van der Waals surface area (Å²) in [5.41, 5.74) is 1.40. The van der Waals surface area contributed by atoms with Crippen LogP contribution in [-0.2, 0) is 14.3 Å². The van der Waals surface area contributed by atoms with Crippen molar-refractivity contribution in [3.05, 3.63) is 125 Å². The van der Waals surface area contributed by atoms with Gasteiger partial charge >= 0.3 is 17.6 Å². The Labute approximate surface area is 344 Å². The summed E-state index contributed by atoms with van der Waals surface area (Å²) in [6.45, 7) is 3.52. The van der Waals surface area contributed by atoms with Crippen LogP contribution in [0.4, 0.5) is 0 Å². The number of hydrogen-bond donors (Lipinski definition) is 0. The quantitative estimate of drug-likeness (QED) is 0.0215. The van der Waals surface area contributed by atoms with Gasteiger partial charge in [0.2, 0.25) is 5.75 Å². The molecule has 0 atom stereocenters. The highest BCUT2D eigenvalue weighted by Gasteiger charge is 2.17. The predicted molar refractivity (Wildman–Crippen MR) is 230 cm³/mol. The number of nitrogens with zero attached hydrogens (tertiary/aromatic N) is 1. The molecule has 0 spiro atoms. The molecule has 0 fully saturated rings. The van der Waals surface area contributed by atoms with E-state index in [0.717, 1.165) is 78.7 Å². The Hall–Kier alpha value is -6.33. The summed E-state index contributed by atoms with van der Waals surface area (Å²) in [6, 6.07) is 30.0. The van der Waals surface area contributed by atoms with Crippen molar-refractivity contribution in [2.45, 2.75) is 38.5 Å². The van der Waals surface area contributed by atoms with E-state index < -0.39 is 11.6 Å². The Morgan fingerprint density at radius 2 is 1.25 bits per heavy atom. The van der Waals surface area contributed by atoms with Crippen LogP contribution >= 0.6 is 0 Å². The topological polar surface area (TPSA) is 123 Å². The summed E-state index contributed by atoms with van der Waals surface area (Å²) < 4.78 is 38.8. The first kappa shape index (κ1) is 42.3. The standard InChI is InChI=1S/C48H51NO10/c1-53-42-30-34(31-43(54-2)47(42)55-3)18-22-44(50)57-27-11-5-4-10-24-49(25-12-28-56-38-21-19-35-20-23-45(51)59-41(35)33-38)26-13-29-58-48(52)46-39-16-8-6-14-36(39)32-37-15-7-9-17-40(37)46/h6-9,14-23,30-33H,4-5,10-13,24-29H2,1-3H3/b22-18+. The molecule has 308 valence electrons. The second kappa shape index (κ2) is 21.4. The van der Waals surface area contributed by atoms with E-state index in [1.807, 2.05) is 60.7 Å². The maximum atomic E-state index is 13.5. The van der Waals surface area contributed by atoms with Crippen molar-refractivity contribution in [2.24, 2.45) is 0 Å². The number of carbonyl (C=O) groups excluding carboxylic acids is 2. The molecule has 11 heteroatoms. The highest BCUT2D eigenvalue weighted by molar-refractivity contribution is 6.16. The van der Waals surface area contributed by atoms with Gasteiger partial charge in [-0.25, -0.2) is 14.4 Å². The third kappa shape index (κ3) is 11.6. The first-order chi connectivity index (χ1) is 28.9. The Morgan fingerprint density at radius 1 is 0.627 bits per heavy atom. The largest absolute Gasteiger partial charge is 0.493 e. The molecule has 0 aliphatic rings. The van der Waals surface area contributed by atoms with Crippen LogP contribution in [0, 0.1) is 0 Å². The molecule has 0 saturated heterocycles. The molecule has 0 bridgehead atoms. The van der Waals surface area contributed by atoms with Gasteiger partial charge in [0.1, 0.15) is 11.3 Å². The second-order valence-electron chi connectivity index (χ2n) is 14.1. The summed E-state index contributed by atoms with van der Waals surface area (Å²) >= 11 is 0. The van der Waals surface area contributed by atoms with Crippen LogP contribution in [0.25, 0.3) is 38.6 Å². The lowest BCUT2D eigenvalue weighted by molar-refractivity contribution is -0.137. The minimum Gasteiger partial charge on any atom is -0.493 e. The van der Waals surface area contributed by atoms with Crippen LogP contribution in [0.5, 0.6) is 23.0 Å². The minimum atomic E-state index is -0.422. The summed E-state index contributed by atoms with van der Waals surface area (Å²) in [7, 11) is 4.62. The van der Waals surface area contributed by atoms with Gasteiger partial charge in [0, 0.05) is 36.7 Å². The molecule has 0 unspecified atom stereocenters. The highest BCUT2D eigenvalue weighted by atomic mass is 16.5. The molecule has 0 amide bonds. The molecule has 5 aromatic carbocycles. The normalized spacial score (nSPS) is 11.4. The monoisotopic (exact) mass is 801 g/mol. The number of esters is 2. The van der Waals surface area contributed by atoms with Gasteiger partial charge in [-0.1, -0.05) is 61.4 Å². The number of benzene rings is 5. The van der Waals surface area contributed by atoms with Crippen molar-refractivity contribution in [1.82, 2.24) is 4.90 Å². The zero-order chi connectivity index (χ0) is 41.4. The summed E-state index contributed by atoms with van der Waals surface area (Å²) in [5.74, 6) is 1.38. The molecule has 1 aromatic heterocycles. The maximum absolute atomic E-state index is 13.5. The number of carbonyl (C=O) groups is 2. The maximum Gasteiger partial charge on any atom is 0.339 e. The SMILES string of the molecule is COc1cc(/C=C/C(=O)OCCCCCCN(CCCOC(=O)c2c3ccccc3cc3ccccc23)CCCOc2ccc3ccc(=O)oc3c2)cc(OC)c1OC. The van der Waals surface area contributed by atoms with E-state index in [4.69, 9.17) is 32.8 Å².